The van der Waals surface area contributed by atoms with Gasteiger partial charge in [0.05, 0.1) is 0 Å². The highest BCUT2D eigenvalue weighted by molar-refractivity contribution is 5.03. The van der Waals surface area contributed by atoms with E-state index in [1.165, 1.54) is 25.9 Å². The second kappa shape index (κ2) is 2.71. The molecule has 0 saturated carbocycles. The molecule has 3 rings (SSSR count). The molecule has 3 aliphatic heterocycles. The Balaban J connectivity index is 2.17. The molecule has 0 amide bonds. The van der Waals surface area contributed by atoms with Gasteiger partial charge in [0.1, 0.15) is 0 Å². The maximum Gasteiger partial charge on any atom is 0.0336 e. The average molecular weight is 168 g/mol. The lowest BCUT2D eigenvalue weighted by molar-refractivity contribution is 0.00363. The highest BCUT2D eigenvalue weighted by atomic mass is 15.2. The molecule has 2 nitrogen and oxygen atoms in total. The minimum Gasteiger partial charge on any atom is -0.324 e. The standard InChI is InChI=1S/C10H20N2/c1-8(2)10(11)7-12-5-3-9(10)4-6-12/h8-9H,3-7,11H2,1-2H3/t10-/m0/s1. The van der Waals surface area contributed by atoms with Gasteiger partial charge in [-0.25, -0.2) is 0 Å². The predicted molar refractivity (Wildman–Crippen MR) is 50.9 cm³/mol. The molecule has 0 aromatic rings. The highest BCUT2D eigenvalue weighted by Gasteiger charge is 2.45. The van der Waals surface area contributed by atoms with Gasteiger partial charge >= 0.3 is 0 Å². The molecule has 0 aromatic carbocycles. The molecule has 3 saturated heterocycles. The first-order valence-electron chi connectivity index (χ1n) is 5.14. The smallest absolute Gasteiger partial charge is 0.0336 e. The van der Waals surface area contributed by atoms with Crippen LogP contribution >= 0.6 is 0 Å². The fourth-order valence-corrected chi connectivity index (χ4v) is 2.80. The quantitative estimate of drug-likeness (QED) is 0.634. The van der Waals surface area contributed by atoms with Crippen LogP contribution in [0, 0.1) is 11.8 Å². The molecule has 0 aliphatic carbocycles. The normalized spacial score (nSPS) is 47.0. The van der Waals surface area contributed by atoms with Crippen LogP contribution in [0.2, 0.25) is 0 Å². The number of piperidine rings is 3. The fraction of sp³-hybridized carbons (Fsp3) is 1.00. The van der Waals surface area contributed by atoms with E-state index in [2.05, 4.69) is 18.7 Å². The van der Waals surface area contributed by atoms with Gasteiger partial charge in [-0.15, -0.1) is 0 Å². The molecule has 0 radical (unpaired) electrons. The minimum atomic E-state index is 0.122. The maximum atomic E-state index is 6.45. The van der Waals surface area contributed by atoms with Crippen molar-refractivity contribution in [1.29, 1.82) is 0 Å². The van der Waals surface area contributed by atoms with Crippen molar-refractivity contribution in [3.05, 3.63) is 0 Å². The Morgan fingerprint density at radius 1 is 1.33 bits per heavy atom. The first-order valence-corrected chi connectivity index (χ1v) is 5.14. The number of hydrogen-bond donors (Lipinski definition) is 1. The molecule has 70 valence electrons. The van der Waals surface area contributed by atoms with Gasteiger partial charge in [-0.1, -0.05) is 13.8 Å². The van der Waals surface area contributed by atoms with Crippen molar-refractivity contribution in [3.8, 4) is 0 Å². The van der Waals surface area contributed by atoms with Gasteiger partial charge in [0.15, 0.2) is 0 Å². The van der Waals surface area contributed by atoms with E-state index in [1.807, 2.05) is 0 Å². The van der Waals surface area contributed by atoms with E-state index in [0.717, 1.165) is 12.5 Å². The lowest BCUT2D eigenvalue weighted by atomic mass is 9.68. The number of fused-ring (bicyclic) bond motifs is 3. The Morgan fingerprint density at radius 3 is 2.17 bits per heavy atom. The van der Waals surface area contributed by atoms with E-state index in [4.69, 9.17) is 5.73 Å². The second-order valence-corrected chi connectivity index (χ2v) is 4.82. The van der Waals surface area contributed by atoms with Crippen LogP contribution in [0.1, 0.15) is 26.7 Å². The van der Waals surface area contributed by atoms with E-state index in [0.29, 0.717) is 5.92 Å². The first kappa shape index (κ1) is 8.52. The molecule has 0 aromatic heterocycles. The lowest BCUT2D eigenvalue weighted by Gasteiger charge is -2.53. The summed E-state index contributed by atoms with van der Waals surface area (Å²) < 4.78 is 0. The Labute approximate surface area is 75.1 Å². The van der Waals surface area contributed by atoms with Crippen molar-refractivity contribution in [2.45, 2.75) is 32.2 Å². The molecule has 2 N–H and O–H groups in total. The molecule has 3 aliphatic rings. The maximum absolute atomic E-state index is 6.45. The zero-order valence-corrected chi connectivity index (χ0v) is 8.21. The SMILES string of the molecule is CC(C)[C@@]1(N)CN2CCC1CC2. The molecular formula is C10H20N2. The van der Waals surface area contributed by atoms with Gasteiger partial charge in [-0.05, 0) is 37.8 Å². The van der Waals surface area contributed by atoms with Crippen LogP contribution < -0.4 is 5.73 Å². The van der Waals surface area contributed by atoms with Crippen molar-refractivity contribution >= 4 is 0 Å². The zero-order valence-electron chi connectivity index (χ0n) is 8.21. The van der Waals surface area contributed by atoms with E-state index < -0.39 is 0 Å². The molecule has 2 bridgehead atoms. The zero-order chi connectivity index (χ0) is 8.77. The van der Waals surface area contributed by atoms with Crippen molar-refractivity contribution in [3.63, 3.8) is 0 Å². The third-order valence-electron chi connectivity index (χ3n) is 3.92. The average Bonchev–Trinajstić information content (AvgIpc) is 2.05. The van der Waals surface area contributed by atoms with Crippen LogP contribution in [0.15, 0.2) is 0 Å². The Kier molecular flexibility index (Phi) is 1.92. The van der Waals surface area contributed by atoms with Gasteiger partial charge in [-0.2, -0.15) is 0 Å². The largest absolute Gasteiger partial charge is 0.324 e. The summed E-state index contributed by atoms with van der Waals surface area (Å²) in [7, 11) is 0. The molecule has 3 heterocycles. The third kappa shape index (κ3) is 1.09. The van der Waals surface area contributed by atoms with Gasteiger partial charge in [0, 0.05) is 12.1 Å². The lowest BCUT2D eigenvalue weighted by Crippen LogP contribution is -2.66. The molecule has 3 fully saturated rings. The summed E-state index contributed by atoms with van der Waals surface area (Å²) >= 11 is 0. The molecule has 1 atom stereocenters. The van der Waals surface area contributed by atoms with Crippen LogP contribution in [0.25, 0.3) is 0 Å². The van der Waals surface area contributed by atoms with Gasteiger partial charge in [0.2, 0.25) is 0 Å². The van der Waals surface area contributed by atoms with Crippen molar-refractivity contribution in [2.24, 2.45) is 17.6 Å². The van der Waals surface area contributed by atoms with Crippen LogP contribution in [0.5, 0.6) is 0 Å². The summed E-state index contributed by atoms with van der Waals surface area (Å²) in [4.78, 5) is 2.53. The van der Waals surface area contributed by atoms with Crippen LogP contribution in [-0.2, 0) is 0 Å². The molecule has 0 unspecified atom stereocenters. The van der Waals surface area contributed by atoms with Crippen LogP contribution in [-0.4, -0.2) is 30.1 Å². The summed E-state index contributed by atoms with van der Waals surface area (Å²) in [5.74, 6) is 1.42. The van der Waals surface area contributed by atoms with E-state index in [1.54, 1.807) is 0 Å². The van der Waals surface area contributed by atoms with Gasteiger partial charge in [0.25, 0.3) is 0 Å². The van der Waals surface area contributed by atoms with E-state index in [9.17, 15) is 0 Å². The van der Waals surface area contributed by atoms with Crippen LogP contribution in [0.3, 0.4) is 0 Å². The Morgan fingerprint density at radius 2 is 1.92 bits per heavy atom. The third-order valence-corrected chi connectivity index (χ3v) is 3.92. The Hall–Kier alpha value is -0.0800. The topological polar surface area (TPSA) is 29.3 Å². The first-order chi connectivity index (χ1) is 5.63. The van der Waals surface area contributed by atoms with E-state index >= 15 is 0 Å². The van der Waals surface area contributed by atoms with Crippen molar-refractivity contribution in [2.75, 3.05) is 19.6 Å². The number of nitrogens with two attached hydrogens (primary N) is 1. The van der Waals surface area contributed by atoms with Gasteiger partial charge in [-0.3, -0.25) is 0 Å². The summed E-state index contributed by atoms with van der Waals surface area (Å²) in [6.07, 6.45) is 2.66. The number of hydrogen-bond acceptors (Lipinski definition) is 2. The molecule has 2 heteroatoms. The van der Waals surface area contributed by atoms with Gasteiger partial charge < -0.3 is 10.6 Å². The predicted octanol–water partition coefficient (Wildman–Crippen LogP) is 1.07. The second-order valence-electron chi connectivity index (χ2n) is 4.82. The van der Waals surface area contributed by atoms with Crippen LogP contribution in [0.4, 0.5) is 0 Å². The Bertz CT molecular complexity index is 171. The molecular weight excluding hydrogens is 148 g/mol. The summed E-state index contributed by atoms with van der Waals surface area (Å²) in [5.41, 5.74) is 6.57. The fourth-order valence-electron chi connectivity index (χ4n) is 2.80. The summed E-state index contributed by atoms with van der Waals surface area (Å²) in [6.45, 7) is 8.24. The minimum absolute atomic E-state index is 0.122. The summed E-state index contributed by atoms with van der Waals surface area (Å²) in [6, 6.07) is 0. The molecule has 0 spiro atoms. The van der Waals surface area contributed by atoms with Crippen molar-refractivity contribution in [1.82, 2.24) is 4.90 Å². The molecule has 12 heavy (non-hydrogen) atoms. The highest BCUT2D eigenvalue weighted by Crippen LogP contribution is 2.38. The van der Waals surface area contributed by atoms with E-state index in [-0.39, 0.29) is 5.54 Å². The number of nitrogens with zero attached hydrogens (tertiary/aromatic N) is 1. The monoisotopic (exact) mass is 168 g/mol. The summed E-state index contributed by atoms with van der Waals surface area (Å²) in [5, 5.41) is 0. The van der Waals surface area contributed by atoms with Crippen molar-refractivity contribution < 1.29 is 0 Å². The number of rotatable bonds is 1.